The minimum atomic E-state index is -0.894. The van der Waals surface area contributed by atoms with Crippen LogP contribution in [0, 0.1) is 20.2 Å². The van der Waals surface area contributed by atoms with Gasteiger partial charge in [-0.2, -0.15) is 0 Å². The van der Waals surface area contributed by atoms with E-state index in [9.17, 15) is 39.4 Å². The summed E-state index contributed by atoms with van der Waals surface area (Å²) in [5.74, 6) is -2.12. The van der Waals surface area contributed by atoms with E-state index in [1.165, 1.54) is 77.3 Å². The summed E-state index contributed by atoms with van der Waals surface area (Å²) < 4.78 is 10.1. The zero-order chi connectivity index (χ0) is 33.2. The van der Waals surface area contributed by atoms with Gasteiger partial charge in [-0.05, 0) is 66.9 Å². The van der Waals surface area contributed by atoms with Gasteiger partial charge in [-0.15, -0.1) is 11.8 Å². The molecule has 0 saturated carbocycles. The molecular weight excluding hydrogens is 620 g/mol. The molecule has 5 rings (SSSR count). The number of thioether (sulfide) groups is 1. The van der Waals surface area contributed by atoms with E-state index in [1.54, 1.807) is 12.1 Å². The van der Waals surface area contributed by atoms with E-state index in [0.717, 1.165) is 0 Å². The Bertz CT molecular complexity index is 1710. The van der Waals surface area contributed by atoms with Gasteiger partial charge in [0.05, 0.1) is 21.8 Å². The minimum Gasteiger partial charge on any atom is -0.459 e. The number of rotatable bonds is 11. The summed E-state index contributed by atoms with van der Waals surface area (Å²) in [6.45, 7) is 3.41. The maximum absolute atomic E-state index is 13.1. The highest BCUT2D eigenvalue weighted by atomic mass is 32.2. The number of carbonyl (C=O) groups is 4. The van der Waals surface area contributed by atoms with Crippen LogP contribution < -0.4 is 5.32 Å². The Morgan fingerprint density at radius 2 is 1.43 bits per heavy atom. The summed E-state index contributed by atoms with van der Waals surface area (Å²) in [5.41, 5.74) is 1.69. The van der Waals surface area contributed by atoms with Crippen molar-refractivity contribution in [1.29, 1.82) is 0 Å². The third kappa shape index (κ3) is 6.83. The molecule has 14 nitrogen and oxygen atoms in total. The number of esters is 2. The first kappa shape index (κ1) is 32.1. The van der Waals surface area contributed by atoms with Crippen molar-refractivity contribution >= 4 is 46.9 Å². The van der Waals surface area contributed by atoms with Gasteiger partial charge < -0.3 is 19.7 Å². The highest BCUT2D eigenvalue weighted by Gasteiger charge is 2.64. The average Bonchev–Trinajstić information content (AvgIpc) is 3.29. The summed E-state index contributed by atoms with van der Waals surface area (Å²) in [4.78, 5) is 73.8. The fourth-order valence-corrected chi connectivity index (χ4v) is 6.86. The van der Waals surface area contributed by atoms with Crippen LogP contribution in [0.15, 0.2) is 72.8 Å². The number of hydrogen-bond donors (Lipinski definition) is 1. The van der Waals surface area contributed by atoms with Gasteiger partial charge in [0, 0.05) is 29.0 Å². The second-order valence-corrected chi connectivity index (χ2v) is 13.0. The zero-order valence-corrected chi connectivity index (χ0v) is 25.4. The molecule has 0 radical (unpaired) electrons. The van der Waals surface area contributed by atoms with Crippen LogP contribution in [0.3, 0.4) is 0 Å². The number of benzene rings is 3. The van der Waals surface area contributed by atoms with E-state index in [1.807, 2.05) is 13.8 Å². The number of nitrogens with one attached hydrogen (secondary N) is 1. The molecule has 3 atom stereocenters. The van der Waals surface area contributed by atoms with Gasteiger partial charge in [0.2, 0.25) is 11.8 Å². The summed E-state index contributed by atoms with van der Waals surface area (Å²) in [6, 6.07) is 15.8. The number of nitrogens with zero attached hydrogens (tertiary/aromatic N) is 3. The van der Waals surface area contributed by atoms with Gasteiger partial charge in [-0.3, -0.25) is 29.8 Å². The smallest absolute Gasteiger partial charge is 0.338 e. The van der Waals surface area contributed by atoms with Crippen molar-refractivity contribution in [1.82, 2.24) is 10.2 Å². The Labute approximate surface area is 266 Å². The lowest BCUT2D eigenvalue weighted by atomic mass is 9.95. The number of β-lactam (4-membered cyclic amide) rings is 1. The van der Waals surface area contributed by atoms with Crippen molar-refractivity contribution in [2.24, 2.45) is 0 Å². The van der Waals surface area contributed by atoms with Gasteiger partial charge in [0.15, 0.2) is 0 Å². The van der Waals surface area contributed by atoms with Gasteiger partial charge in [0.25, 0.3) is 11.4 Å². The second-order valence-electron chi connectivity index (χ2n) is 11.2. The SMILES string of the molecule is CC1(C)S[C@@H]2[C@H](NC(=O)Cc3cccc(C(=O)OCc4ccc([N+](=O)[O-])cc4)c3)C(=O)N2C1C(=O)OCc1ccc([N+](=O)[O-])cc1. The van der Waals surface area contributed by atoms with Crippen molar-refractivity contribution in [3.63, 3.8) is 0 Å². The van der Waals surface area contributed by atoms with Crippen LogP contribution in [0.5, 0.6) is 0 Å². The van der Waals surface area contributed by atoms with Crippen molar-refractivity contribution < 1.29 is 38.5 Å². The fourth-order valence-electron chi connectivity index (χ4n) is 5.24. The fraction of sp³-hybridized carbons (Fsp3) is 0.290. The molecule has 0 spiro atoms. The highest BCUT2D eigenvalue weighted by Crippen LogP contribution is 2.51. The van der Waals surface area contributed by atoms with Crippen molar-refractivity contribution in [3.05, 3.63) is 115 Å². The van der Waals surface area contributed by atoms with Crippen LogP contribution in [0.1, 0.15) is 40.9 Å². The van der Waals surface area contributed by atoms with Crippen LogP contribution in [0.25, 0.3) is 0 Å². The third-order valence-electron chi connectivity index (χ3n) is 7.55. The second kappa shape index (κ2) is 13.0. The maximum atomic E-state index is 13.1. The molecule has 46 heavy (non-hydrogen) atoms. The summed E-state index contributed by atoms with van der Waals surface area (Å²) in [7, 11) is 0. The van der Waals surface area contributed by atoms with E-state index >= 15 is 0 Å². The van der Waals surface area contributed by atoms with Crippen molar-refractivity contribution in [2.45, 2.75) is 55.7 Å². The molecule has 2 fully saturated rings. The number of nitro benzene ring substituents is 2. The molecule has 3 aromatic rings. The first-order valence-electron chi connectivity index (χ1n) is 14.0. The predicted octanol–water partition coefficient (Wildman–Crippen LogP) is 3.69. The molecule has 15 heteroatoms. The molecule has 2 aliphatic rings. The Morgan fingerprint density at radius 1 is 0.870 bits per heavy atom. The molecule has 238 valence electrons. The van der Waals surface area contributed by atoms with Gasteiger partial charge >= 0.3 is 11.9 Å². The monoisotopic (exact) mass is 648 g/mol. The lowest BCUT2D eigenvalue weighted by Crippen LogP contribution is -2.70. The number of nitro groups is 2. The Hall–Kier alpha value is -5.31. The maximum Gasteiger partial charge on any atom is 0.338 e. The van der Waals surface area contributed by atoms with E-state index in [2.05, 4.69) is 5.32 Å². The van der Waals surface area contributed by atoms with Crippen LogP contribution >= 0.6 is 11.8 Å². The van der Waals surface area contributed by atoms with E-state index in [4.69, 9.17) is 9.47 Å². The average molecular weight is 649 g/mol. The number of carbonyl (C=O) groups excluding carboxylic acids is 4. The molecule has 2 amide bonds. The molecule has 2 saturated heterocycles. The van der Waals surface area contributed by atoms with E-state index in [0.29, 0.717) is 16.7 Å². The molecule has 0 aromatic heterocycles. The standard InChI is InChI=1S/C31H28N4O10S/c1-31(2)26(30(39)45-17-19-8-12-23(13-9-19)35(42)43)33-27(37)25(28(33)46-31)32-24(36)15-20-4-3-5-21(14-20)29(38)44-16-18-6-10-22(11-7-18)34(40)41/h3-14,25-26,28H,15-17H2,1-2H3,(H,32,36)/t25-,26?,28-/m1/s1. The molecule has 3 aromatic carbocycles. The predicted molar refractivity (Wildman–Crippen MR) is 163 cm³/mol. The zero-order valence-electron chi connectivity index (χ0n) is 24.6. The Morgan fingerprint density at radius 3 is 2.00 bits per heavy atom. The lowest BCUT2D eigenvalue weighted by Gasteiger charge is -2.44. The molecule has 1 unspecified atom stereocenters. The van der Waals surface area contributed by atoms with Crippen LogP contribution in [-0.2, 0) is 43.5 Å². The Kier molecular flexibility index (Phi) is 9.05. The number of amides is 2. The van der Waals surface area contributed by atoms with Gasteiger partial charge in [-0.25, -0.2) is 9.59 Å². The highest BCUT2D eigenvalue weighted by molar-refractivity contribution is 8.01. The quantitative estimate of drug-likeness (QED) is 0.138. The van der Waals surface area contributed by atoms with E-state index < -0.39 is 55.8 Å². The first-order valence-corrected chi connectivity index (χ1v) is 14.9. The van der Waals surface area contributed by atoms with E-state index in [-0.39, 0.29) is 36.6 Å². The number of hydrogen-bond acceptors (Lipinski definition) is 11. The first-order chi connectivity index (χ1) is 21.8. The summed E-state index contributed by atoms with van der Waals surface area (Å²) in [5, 5.41) is 23.9. The summed E-state index contributed by atoms with van der Waals surface area (Å²) in [6.07, 6.45) is -0.116. The number of fused-ring (bicyclic) bond motifs is 1. The topological polar surface area (TPSA) is 188 Å². The number of non-ortho nitro benzene ring substituents is 2. The lowest BCUT2D eigenvalue weighted by molar-refractivity contribution is -0.385. The van der Waals surface area contributed by atoms with Gasteiger partial charge in [-0.1, -0.05) is 12.1 Å². The van der Waals surface area contributed by atoms with Crippen LogP contribution in [0.4, 0.5) is 11.4 Å². The third-order valence-corrected chi connectivity index (χ3v) is 9.13. The van der Waals surface area contributed by atoms with Crippen LogP contribution in [-0.4, -0.2) is 60.7 Å². The van der Waals surface area contributed by atoms with Crippen molar-refractivity contribution in [2.75, 3.05) is 0 Å². The molecule has 2 aliphatic heterocycles. The molecule has 1 N–H and O–H groups in total. The normalized spacial score (nSPS) is 19.4. The largest absolute Gasteiger partial charge is 0.459 e. The van der Waals surface area contributed by atoms with Gasteiger partial charge in [0.1, 0.15) is 30.7 Å². The molecule has 0 bridgehead atoms. The molecule has 0 aliphatic carbocycles. The minimum absolute atomic E-state index is 0.0771. The molecule has 2 heterocycles. The van der Waals surface area contributed by atoms with Crippen molar-refractivity contribution in [3.8, 4) is 0 Å². The number of ether oxygens (including phenoxy) is 2. The Balaban J connectivity index is 1.14. The molecular formula is C31H28N4O10S. The summed E-state index contributed by atoms with van der Waals surface area (Å²) >= 11 is 1.37. The van der Waals surface area contributed by atoms with Crippen LogP contribution in [0.2, 0.25) is 0 Å².